The summed E-state index contributed by atoms with van der Waals surface area (Å²) in [5.41, 5.74) is 5.21. The van der Waals surface area contributed by atoms with Crippen molar-refractivity contribution in [2.24, 2.45) is 0 Å². The summed E-state index contributed by atoms with van der Waals surface area (Å²) in [5, 5.41) is 7.10. The number of hydrogen-bond donors (Lipinski definition) is 0. The maximum Gasteiger partial charge on any atom is 0.228 e. The van der Waals surface area contributed by atoms with Crippen molar-refractivity contribution in [2.75, 3.05) is 0 Å². The van der Waals surface area contributed by atoms with E-state index in [2.05, 4.69) is 71.7 Å². The third kappa shape index (κ3) is 2.98. The van der Waals surface area contributed by atoms with Gasteiger partial charge in [0.05, 0.1) is 5.56 Å². The van der Waals surface area contributed by atoms with Gasteiger partial charge in [-0.05, 0) is 28.0 Å². The van der Waals surface area contributed by atoms with Gasteiger partial charge in [0.2, 0.25) is 5.88 Å². The highest BCUT2D eigenvalue weighted by atomic mass is 16.5. The molecule has 0 radical (unpaired) electrons. The molecule has 1 atom stereocenters. The molecule has 4 aromatic carbocycles. The minimum atomic E-state index is -0.0731. The smallest absolute Gasteiger partial charge is 0.228 e. The molecule has 0 saturated carbocycles. The molecule has 5 heteroatoms. The summed E-state index contributed by atoms with van der Waals surface area (Å²) in [4.78, 5) is 9.64. The normalized spacial score (nSPS) is 14.5. The van der Waals surface area contributed by atoms with E-state index in [9.17, 15) is 0 Å². The third-order valence-corrected chi connectivity index (χ3v) is 6.48. The standard InChI is InChI=1S/C29H20N4O/c1-3-9-19(10-4-1)17-24-31-28-27-25(21-12-5-2-6-13-21)26-22-14-8-7-11-20(22)15-16-23(26)34-29(27)30-18-33(28)32-24/h1-16,18,25H,17H2/t25-/m0/s1. The number of nitrogens with zero attached hydrogens (tertiary/aromatic N) is 4. The van der Waals surface area contributed by atoms with Gasteiger partial charge in [-0.2, -0.15) is 0 Å². The maximum absolute atomic E-state index is 6.38. The fourth-order valence-electron chi connectivity index (χ4n) is 4.98. The molecule has 7 rings (SSSR count). The first-order chi connectivity index (χ1) is 16.8. The zero-order valence-electron chi connectivity index (χ0n) is 18.3. The molecule has 1 aliphatic heterocycles. The molecule has 6 aromatic rings. The van der Waals surface area contributed by atoms with Gasteiger partial charge >= 0.3 is 0 Å². The van der Waals surface area contributed by atoms with Crippen LogP contribution in [0, 0.1) is 0 Å². The van der Waals surface area contributed by atoms with Crippen molar-refractivity contribution in [3.05, 3.63) is 131 Å². The Kier molecular flexibility index (Phi) is 4.21. The molecule has 0 bridgehead atoms. The molecule has 162 valence electrons. The molecule has 0 spiro atoms. The molecular formula is C29H20N4O. The highest BCUT2D eigenvalue weighted by molar-refractivity contribution is 5.90. The van der Waals surface area contributed by atoms with Crippen LogP contribution in [0.4, 0.5) is 0 Å². The first-order valence-corrected chi connectivity index (χ1v) is 11.4. The Morgan fingerprint density at radius 2 is 1.53 bits per heavy atom. The largest absolute Gasteiger partial charge is 0.438 e. The Morgan fingerprint density at radius 3 is 2.38 bits per heavy atom. The zero-order chi connectivity index (χ0) is 22.5. The van der Waals surface area contributed by atoms with Gasteiger partial charge in [0, 0.05) is 17.9 Å². The van der Waals surface area contributed by atoms with Crippen molar-refractivity contribution in [3.63, 3.8) is 0 Å². The molecule has 0 fully saturated rings. The third-order valence-electron chi connectivity index (χ3n) is 6.48. The van der Waals surface area contributed by atoms with Crippen LogP contribution in [0.3, 0.4) is 0 Å². The van der Waals surface area contributed by atoms with E-state index in [1.54, 1.807) is 10.8 Å². The topological polar surface area (TPSA) is 52.3 Å². The zero-order valence-corrected chi connectivity index (χ0v) is 18.3. The second-order valence-electron chi connectivity index (χ2n) is 8.57. The SMILES string of the molecule is c1ccc(Cc2nc3c4c(ncn3n2)Oc2ccc3ccccc3c2[C@@H]4c2ccccc2)cc1. The second-order valence-corrected chi connectivity index (χ2v) is 8.57. The molecule has 34 heavy (non-hydrogen) atoms. The summed E-state index contributed by atoms with van der Waals surface area (Å²) < 4.78 is 8.16. The van der Waals surface area contributed by atoms with Crippen LogP contribution in [-0.2, 0) is 6.42 Å². The first kappa shape index (κ1) is 19.0. The Morgan fingerprint density at radius 1 is 0.765 bits per heavy atom. The minimum Gasteiger partial charge on any atom is -0.438 e. The number of fused-ring (bicyclic) bond motifs is 6. The van der Waals surface area contributed by atoms with Gasteiger partial charge in [0.1, 0.15) is 12.1 Å². The molecule has 3 heterocycles. The number of hydrogen-bond acceptors (Lipinski definition) is 4. The first-order valence-electron chi connectivity index (χ1n) is 11.4. The van der Waals surface area contributed by atoms with Crippen LogP contribution in [-0.4, -0.2) is 19.6 Å². The molecule has 5 nitrogen and oxygen atoms in total. The number of aromatic nitrogens is 4. The number of benzene rings is 4. The van der Waals surface area contributed by atoms with Gasteiger partial charge in [-0.15, -0.1) is 5.10 Å². The van der Waals surface area contributed by atoms with E-state index >= 15 is 0 Å². The van der Waals surface area contributed by atoms with Crippen molar-refractivity contribution in [2.45, 2.75) is 12.3 Å². The van der Waals surface area contributed by atoms with E-state index in [-0.39, 0.29) is 5.92 Å². The average Bonchev–Trinajstić information content (AvgIpc) is 3.31. The summed E-state index contributed by atoms with van der Waals surface area (Å²) in [7, 11) is 0. The summed E-state index contributed by atoms with van der Waals surface area (Å²) in [5.74, 6) is 2.11. The molecule has 0 N–H and O–H groups in total. The fourth-order valence-corrected chi connectivity index (χ4v) is 4.98. The van der Waals surface area contributed by atoms with E-state index in [0.29, 0.717) is 12.3 Å². The van der Waals surface area contributed by atoms with Crippen LogP contribution < -0.4 is 4.74 Å². The monoisotopic (exact) mass is 440 g/mol. The Labute approximate surface area is 196 Å². The Hall–Kier alpha value is -4.51. The van der Waals surface area contributed by atoms with E-state index in [1.807, 2.05) is 30.3 Å². The lowest BCUT2D eigenvalue weighted by Gasteiger charge is -2.29. The Balaban J connectivity index is 1.48. The molecule has 0 amide bonds. The number of rotatable bonds is 3. The van der Waals surface area contributed by atoms with Crippen LogP contribution in [0.15, 0.2) is 103 Å². The quantitative estimate of drug-likeness (QED) is 0.330. The molecule has 1 aliphatic rings. The second kappa shape index (κ2) is 7.52. The van der Waals surface area contributed by atoms with E-state index < -0.39 is 0 Å². The van der Waals surface area contributed by atoms with E-state index in [4.69, 9.17) is 14.8 Å². The molecular weight excluding hydrogens is 420 g/mol. The summed E-state index contributed by atoms with van der Waals surface area (Å²) >= 11 is 0. The minimum absolute atomic E-state index is 0.0731. The van der Waals surface area contributed by atoms with Crippen molar-refractivity contribution < 1.29 is 4.74 Å². The van der Waals surface area contributed by atoms with Gasteiger partial charge < -0.3 is 4.74 Å². The van der Waals surface area contributed by atoms with Gasteiger partial charge in [-0.3, -0.25) is 0 Å². The van der Waals surface area contributed by atoms with Crippen molar-refractivity contribution >= 4 is 16.4 Å². The van der Waals surface area contributed by atoms with Crippen LogP contribution in [0.5, 0.6) is 11.6 Å². The van der Waals surface area contributed by atoms with Crippen LogP contribution >= 0.6 is 0 Å². The van der Waals surface area contributed by atoms with Crippen LogP contribution in [0.1, 0.15) is 34.0 Å². The lowest BCUT2D eigenvalue weighted by atomic mass is 9.81. The van der Waals surface area contributed by atoms with Crippen LogP contribution in [0.2, 0.25) is 0 Å². The molecule has 0 unspecified atom stereocenters. The summed E-state index contributed by atoms with van der Waals surface area (Å²) in [6, 6.07) is 33.4. The van der Waals surface area contributed by atoms with Crippen molar-refractivity contribution in [1.82, 2.24) is 19.6 Å². The number of ether oxygens (including phenoxy) is 1. The molecule has 2 aromatic heterocycles. The van der Waals surface area contributed by atoms with E-state index in [1.165, 1.54) is 21.9 Å². The average molecular weight is 441 g/mol. The van der Waals surface area contributed by atoms with Gasteiger partial charge in [0.25, 0.3) is 0 Å². The lowest BCUT2D eigenvalue weighted by Crippen LogP contribution is -2.15. The molecule has 0 aliphatic carbocycles. The predicted octanol–water partition coefficient (Wildman–Crippen LogP) is 6.15. The maximum atomic E-state index is 6.38. The molecule has 0 saturated heterocycles. The lowest BCUT2D eigenvalue weighted by molar-refractivity contribution is 0.433. The highest BCUT2D eigenvalue weighted by Crippen LogP contribution is 2.50. The van der Waals surface area contributed by atoms with Crippen molar-refractivity contribution in [3.8, 4) is 11.6 Å². The predicted molar refractivity (Wildman–Crippen MR) is 131 cm³/mol. The van der Waals surface area contributed by atoms with Gasteiger partial charge in [-0.25, -0.2) is 14.5 Å². The van der Waals surface area contributed by atoms with Crippen LogP contribution in [0.25, 0.3) is 16.4 Å². The summed E-state index contributed by atoms with van der Waals surface area (Å²) in [6.45, 7) is 0. The van der Waals surface area contributed by atoms with E-state index in [0.717, 1.165) is 28.3 Å². The summed E-state index contributed by atoms with van der Waals surface area (Å²) in [6.07, 6.45) is 2.36. The highest BCUT2D eigenvalue weighted by Gasteiger charge is 2.34. The fraction of sp³-hybridized carbons (Fsp3) is 0.0690. The van der Waals surface area contributed by atoms with Gasteiger partial charge in [0.15, 0.2) is 11.5 Å². The van der Waals surface area contributed by atoms with Crippen molar-refractivity contribution in [1.29, 1.82) is 0 Å². The van der Waals surface area contributed by atoms with Gasteiger partial charge in [-0.1, -0.05) is 91.0 Å². The Bertz CT molecular complexity index is 1660.